The number of para-hydroxylation sites is 1. The second-order valence-electron chi connectivity index (χ2n) is 6.98. The molecule has 0 radical (unpaired) electrons. The van der Waals surface area contributed by atoms with E-state index in [-0.39, 0.29) is 11.7 Å². The molecule has 1 amide bonds. The Labute approximate surface area is 195 Å². The van der Waals surface area contributed by atoms with Crippen molar-refractivity contribution < 1.29 is 14.3 Å². The maximum absolute atomic E-state index is 12.6. The Kier molecular flexibility index (Phi) is 7.16. The van der Waals surface area contributed by atoms with Crippen LogP contribution in [0, 0.1) is 0 Å². The standard InChI is InChI=1S/C25H22N4O3S/c1-2-32-24(31)19-12-9-13-20(16-19)26-22(30)17-33-25-28-27-23(18-10-5-3-6-11-18)29(25)21-14-7-4-8-15-21/h3-16H,2,17H2,1H3,(H,26,30). The molecule has 33 heavy (non-hydrogen) atoms. The van der Waals surface area contributed by atoms with Crippen molar-refractivity contribution >= 4 is 29.3 Å². The topological polar surface area (TPSA) is 86.1 Å². The zero-order chi connectivity index (χ0) is 23.0. The first-order valence-corrected chi connectivity index (χ1v) is 11.4. The van der Waals surface area contributed by atoms with Crippen LogP contribution in [0.25, 0.3) is 17.1 Å². The highest BCUT2D eigenvalue weighted by molar-refractivity contribution is 7.99. The third-order valence-electron chi connectivity index (χ3n) is 4.67. The molecule has 1 N–H and O–H groups in total. The largest absolute Gasteiger partial charge is 0.462 e. The number of esters is 1. The molecule has 0 saturated heterocycles. The van der Waals surface area contributed by atoms with E-state index in [9.17, 15) is 9.59 Å². The molecule has 1 heterocycles. The first-order valence-electron chi connectivity index (χ1n) is 10.4. The summed E-state index contributed by atoms with van der Waals surface area (Å²) in [5.74, 6) is 0.188. The number of nitrogens with one attached hydrogen (secondary N) is 1. The molecule has 0 unspecified atom stereocenters. The minimum Gasteiger partial charge on any atom is -0.462 e. The van der Waals surface area contributed by atoms with Crippen LogP contribution in [0.4, 0.5) is 5.69 Å². The lowest BCUT2D eigenvalue weighted by molar-refractivity contribution is -0.113. The molecule has 1 aromatic heterocycles. The summed E-state index contributed by atoms with van der Waals surface area (Å²) in [6, 6.07) is 26.3. The molecule has 0 bridgehead atoms. The van der Waals surface area contributed by atoms with E-state index in [1.54, 1.807) is 31.2 Å². The van der Waals surface area contributed by atoms with Crippen molar-refractivity contribution in [1.29, 1.82) is 0 Å². The maximum Gasteiger partial charge on any atom is 0.338 e. The van der Waals surface area contributed by atoms with Crippen molar-refractivity contribution in [3.05, 3.63) is 90.5 Å². The quantitative estimate of drug-likeness (QED) is 0.300. The Balaban J connectivity index is 1.51. The van der Waals surface area contributed by atoms with Gasteiger partial charge < -0.3 is 10.1 Å². The van der Waals surface area contributed by atoms with E-state index in [1.165, 1.54) is 11.8 Å². The molecule has 0 fully saturated rings. The van der Waals surface area contributed by atoms with Crippen LogP contribution in [0.1, 0.15) is 17.3 Å². The highest BCUT2D eigenvalue weighted by Crippen LogP contribution is 2.28. The number of anilines is 1. The van der Waals surface area contributed by atoms with Gasteiger partial charge in [-0.3, -0.25) is 9.36 Å². The van der Waals surface area contributed by atoms with Crippen LogP contribution in [0.5, 0.6) is 0 Å². The molecule has 4 rings (SSSR count). The number of benzene rings is 3. The molecule has 0 atom stereocenters. The number of ether oxygens (including phenoxy) is 1. The van der Waals surface area contributed by atoms with Crippen LogP contribution in [-0.2, 0) is 9.53 Å². The van der Waals surface area contributed by atoms with Crippen molar-refractivity contribution in [1.82, 2.24) is 14.8 Å². The monoisotopic (exact) mass is 458 g/mol. The molecule has 0 spiro atoms. The first kappa shape index (κ1) is 22.3. The molecule has 8 heteroatoms. The average Bonchev–Trinajstić information content (AvgIpc) is 3.28. The van der Waals surface area contributed by atoms with Gasteiger partial charge in [-0.05, 0) is 37.3 Å². The van der Waals surface area contributed by atoms with E-state index in [0.29, 0.717) is 28.8 Å². The fourth-order valence-corrected chi connectivity index (χ4v) is 3.96. The average molecular weight is 459 g/mol. The lowest BCUT2D eigenvalue weighted by Gasteiger charge is -2.10. The van der Waals surface area contributed by atoms with Gasteiger partial charge in [0.25, 0.3) is 0 Å². The van der Waals surface area contributed by atoms with Crippen molar-refractivity contribution in [2.45, 2.75) is 12.1 Å². The van der Waals surface area contributed by atoms with Crippen LogP contribution < -0.4 is 5.32 Å². The summed E-state index contributed by atoms with van der Waals surface area (Å²) < 4.78 is 6.95. The summed E-state index contributed by atoms with van der Waals surface area (Å²) >= 11 is 1.29. The highest BCUT2D eigenvalue weighted by Gasteiger charge is 2.17. The molecule has 7 nitrogen and oxygen atoms in total. The number of carbonyl (C=O) groups excluding carboxylic acids is 2. The van der Waals surface area contributed by atoms with Crippen LogP contribution in [-0.4, -0.2) is 39.0 Å². The SMILES string of the molecule is CCOC(=O)c1cccc(NC(=O)CSc2nnc(-c3ccccc3)n2-c2ccccc2)c1. The zero-order valence-corrected chi connectivity index (χ0v) is 18.8. The Hall–Kier alpha value is -3.91. The summed E-state index contributed by atoms with van der Waals surface area (Å²) in [7, 11) is 0. The van der Waals surface area contributed by atoms with Gasteiger partial charge in [0.1, 0.15) is 0 Å². The summed E-state index contributed by atoms with van der Waals surface area (Å²) in [6.45, 7) is 2.04. The molecule has 3 aromatic carbocycles. The summed E-state index contributed by atoms with van der Waals surface area (Å²) in [4.78, 5) is 24.5. The number of hydrogen-bond donors (Lipinski definition) is 1. The van der Waals surface area contributed by atoms with Gasteiger partial charge in [0.05, 0.1) is 17.9 Å². The lowest BCUT2D eigenvalue weighted by atomic mass is 10.2. The number of carbonyl (C=O) groups is 2. The third kappa shape index (κ3) is 5.48. The summed E-state index contributed by atoms with van der Waals surface area (Å²) in [5, 5.41) is 12.2. The fraction of sp³-hybridized carbons (Fsp3) is 0.120. The molecule has 0 aliphatic rings. The van der Waals surface area contributed by atoms with E-state index < -0.39 is 5.97 Å². The van der Waals surface area contributed by atoms with Crippen LogP contribution >= 0.6 is 11.8 Å². The molecule has 166 valence electrons. The minimum atomic E-state index is -0.424. The van der Waals surface area contributed by atoms with Crippen molar-refractivity contribution in [3.8, 4) is 17.1 Å². The number of nitrogens with zero attached hydrogens (tertiary/aromatic N) is 3. The second-order valence-corrected chi connectivity index (χ2v) is 7.92. The normalized spacial score (nSPS) is 10.6. The van der Waals surface area contributed by atoms with E-state index in [2.05, 4.69) is 15.5 Å². The van der Waals surface area contributed by atoms with Crippen molar-refractivity contribution in [2.24, 2.45) is 0 Å². The second kappa shape index (κ2) is 10.6. The van der Waals surface area contributed by atoms with Gasteiger partial charge in [0.2, 0.25) is 5.91 Å². The van der Waals surface area contributed by atoms with E-state index in [0.717, 1.165) is 11.3 Å². The fourth-order valence-electron chi connectivity index (χ4n) is 3.21. The smallest absolute Gasteiger partial charge is 0.338 e. The maximum atomic E-state index is 12.6. The molecule has 0 saturated carbocycles. The van der Waals surface area contributed by atoms with Gasteiger partial charge in [-0.1, -0.05) is 66.4 Å². The lowest BCUT2D eigenvalue weighted by Crippen LogP contribution is -2.15. The third-order valence-corrected chi connectivity index (χ3v) is 5.60. The van der Waals surface area contributed by atoms with Crippen molar-refractivity contribution in [3.63, 3.8) is 0 Å². The summed E-state index contributed by atoms with van der Waals surface area (Å²) in [5.41, 5.74) is 2.76. The number of amides is 1. The predicted octanol–water partition coefficient (Wildman–Crippen LogP) is 4.84. The Bertz CT molecular complexity index is 1240. The Morgan fingerprint density at radius 2 is 1.67 bits per heavy atom. The van der Waals surface area contributed by atoms with E-state index in [1.807, 2.05) is 65.2 Å². The molecular weight excluding hydrogens is 436 g/mol. The summed E-state index contributed by atoms with van der Waals surface area (Å²) in [6.07, 6.45) is 0. The number of rotatable bonds is 8. The Morgan fingerprint density at radius 3 is 2.39 bits per heavy atom. The van der Waals surface area contributed by atoms with Crippen LogP contribution in [0.3, 0.4) is 0 Å². The van der Waals surface area contributed by atoms with Gasteiger partial charge >= 0.3 is 5.97 Å². The van der Waals surface area contributed by atoms with Gasteiger partial charge in [-0.2, -0.15) is 0 Å². The van der Waals surface area contributed by atoms with Crippen LogP contribution in [0.15, 0.2) is 90.1 Å². The number of aromatic nitrogens is 3. The molecule has 0 aliphatic carbocycles. The van der Waals surface area contributed by atoms with Gasteiger partial charge in [-0.15, -0.1) is 10.2 Å². The van der Waals surface area contributed by atoms with Crippen LogP contribution in [0.2, 0.25) is 0 Å². The molecular formula is C25H22N4O3S. The highest BCUT2D eigenvalue weighted by atomic mass is 32.2. The zero-order valence-electron chi connectivity index (χ0n) is 18.0. The predicted molar refractivity (Wildman–Crippen MR) is 129 cm³/mol. The minimum absolute atomic E-state index is 0.128. The number of hydrogen-bond acceptors (Lipinski definition) is 6. The van der Waals surface area contributed by atoms with E-state index in [4.69, 9.17) is 4.74 Å². The molecule has 4 aromatic rings. The first-order chi connectivity index (χ1) is 16.2. The van der Waals surface area contributed by atoms with Gasteiger partial charge in [0, 0.05) is 16.9 Å². The molecule has 0 aliphatic heterocycles. The van der Waals surface area contributed by atoms with Gasteiger partial charge in [-0.25, -0.2) is 4.79 Å². The van der Waals surface area contributed by atoms with Crippen molar-refractivity contribution in [2.75, 3.05) is 17.7 Å². The number of thioether (sulfide) groups is 1. The Morgan fingerprint density at radius 1 is 0.939 bits per heavy atom. The van der Waals surface area contributed by atoms with E-state index >= 15 is 0 Å². The van der Waals surface area contributed by atoms with Gasteiger partial charge in [0.15, 0.2) is 11.0 Å².